The van der Waals surface area contributed by atoms with Crippen molar-refractivity contribution in [3.05, 3.63) is 35.9 Å². The monoisotopic (exact) mass is 241 g/mol. The third-order valence-corrected chi connectivity index (χ3v) is 2.08. The highest BCUT2D eigenvalue weighted by Crippen LogP contribution is 2.02. The van der Waals surface area contributed by atoms with Gasteiger partial charge in [-0.3, -0.25) is 9.68 Å². The molecule has 0 aliphatic carbocycles. The molecule has 1 rings (SSSR count). The zero-order chi connectivity index (χ0) is 12.3. The van der Waals surface area contributed by atoms with Crippen LogP contribution in [-0.2, 0) is 16.1 Å². The van der Waals surface area contributed by atoms with Gasteiger partial charge in [0.05, 0.1) is 33.0 Å². The van der Waals surface area contributed by atoms with E-state index in [1.54, 1.807) is 0 Å². The molecule has 0 heterocycles. The Kier molecular flexibility index (Phi) is 7.53. The molecule has 0 bridgehead atoms. The van der Waals surface area contributed by atoms with E-state index in [-0.39, 0.29) is 26.4 Å². The van der Waals surface area contributed by atoms with Gasteiger partial charge in [-0.2, -0.15) is 0 Å². The number of hydrogen-bond acceptors (Lipinski definition) is 5. The van der Waals surface area contributed by atoms with E-state index in [1.807, 2.05) is 30.3 Å². The lowest BCUT2D eigenvalue weighted by Gasteiger charge is -2.20. The molecule has 96 valence electrons. The fraction of sp³-hybridized carbons (Fsp3) is 0.500. The Balaban J connectivity index is 2.31. The van der Waals surface area contributed by atoms with E-state index in [4.69, 9.17) is 19.9 Å². The Morgan fingerprint density at radius 3 is 2.06 bits per heavy atom. The van der Waals surface area contributed by atoms with Crippen LogP contribution in [0.2, 0.25) is 0 Å². The summed E-state index contributed by atoms with van der Waals surface area (Å²) in [6.45, 7) is 0.777. The number of benzene rings is 1. The smallest absolute Gasteiger partial charge is 0.0942 e. The van der Waals surface area contributed by atoms with Crippen LogP contribution < -0.4 is 0 Å². The van der Waals surface area contributed by atoms with Crippen LogP contribution in [0.3, 0.4) is 0 Å². The molecule has 0 atom stereocenters. The molecule has 1 aromatic rings. The molecule has 17 heavy (non-hydrogen) atoms. The first-order valence-electron chi connectivity index (χ1n) is 5.66. The van der Waals surface area contributed by atoms with E-state index in [2.05, 4.69) is 0 Å². The van der Waals surface area contributed by atoms with Gasteiger partial charge in [-0.15, -0.1) is 0 Å². The summed E-state index contributed by atoms with van der Waals surface area (Å²) in [5.41, 5.74) is 1.18. The Hall–Kier alpha value is -0.980. The van der Waals surface area contributed by atoms with E-state index in [1.165, 1.54) is 10.8 Å². The first kappa shape index (κ1) is 14.1. The van der Waals surface area contributed by atoms with Gasteiger partial charge in [-0.05, 0) is 12.0 Å². The summed E-state index contributed by atoms with van der Waals surface area (Å²) >= 11 is 0. The summed E-state index contributed by atoms with van der Waals surface area (Å²) in [7, 11) is 0. The van der Waals surface area contributed by atoms with Crippen molar-refractivity contribution in [1.29, 1.82) is 0 Å². The van der Waals surface area contributed by atoms with Crippen LogP contribution in [0, 0.1) is 0 Å². The van der Waals surface area contributed by atoms with Gasteiger partial charge < -0.3 is 10.2 Å². The van der Waals surface area contributed by atoms with E-state index >= 15 is 0 Å². The molecule has 5 heteroatoms. The quantitative estimate of drug-likeness (QED) is 0.612. The predicted octanol–water partition coefficient (Wildman–Crippen LogP) is 0.379. The summed E-state index contributed by atoms with van der Waals surface area (Å²) in [5.74, 6) is 0. The molecule has 0 saturated carbocycles. The van der Waals surface area contributed by atoms with Gasteiger partial charge in [0.2, 0.25) is 0 Å². The summed E-state index contributed by atoms with van der Waals surface area (Å²) in [5, 5.41) is 18.6. The van der Waals surface area contributed by atoms with Gasteiger partial charge in [-0.1, -0.05) is 35.6 Å². The first-order valence-corrected chi connectivity index (χ1v) is 5.66. The van der Waals surface area contributed by atoms with Gasteiger partial charge in [0, 0.05) is 0 Å². The lowest BCUT2D eigenvalue weighted by molar-refractivity contribution is -0.370. The van der Waals surface area contributed by atoms with Crippen LogP contribution in [0.4, 0.5) is 0 Å². The van der Waals surface area contributed by atoms with Gasteiger partial charge >= 0.3 is 0 Å². The minimum Gasteiger partial charge on any atom is -0.394 e. The zero-order valence-corrected chi connectivity index (χ0v) is 9.79. The Bertz CT molecular complexity index is 273. The number of nitrogens with zero attached hydrogens (tertiary/aromatic N) is 1. The average molecular weight is 241 g/mol. The van der Waals surface area contributed by atoms with Crippen LogP contribution in [-0.4, -0.2) is 48.4 Å². The standard InChI is InChI=1S/C12H19NO4/c14-8-10-16-13(17-11-9-15)7-6-12-4-2-1-3-5-12/h1-5,14-15H,6-11H2. The topological polar surface area (TPSA) is 62.2 Å². The van der Waals surface area contributed by atoms with Crippen LogP contribution in [0.15, 0.2) is 30.3 Å². The van der Waals surface area contributed by atoms with Crippen LogP contribution in [0.5, 0.6) is 0 Å². The second kappa shape index (κ2) is 9.09. The zero-order valence-electron chi connectivity index (χ0n) is 9.79. The molecule has 0 radical (unpaired) electrons. The lowest BCUT2D eigenvalue weighted by Crippen LogP contribution is -2.29. The lowest BCUT2D eigenvalue weighted by atomic mass is 10.2. The third kappa shape index (κ3) is 6.35. The number of rotatable bonds is 9. The van der Waals surface area contributed by atoms with Crippen molar-refractivity contribution in [2.75, 3.05) is 33.0 Å². The van der Waals surface area contributed by atoms with E-state index in [0.717, 1.165) is 6.42 Å². The van der Waals surface area contributed by atoms with Crippen LogP contribution >= 0.6 is 0 Å². The van der Waals surface area contributed by atoms with E-state index in [0.29, 0.717) is 6.54 Å². The maximum atomic E-state index is 8.67. The van der Waals surface area contributed by atoms with Crippen molar-refractivity contribution in [2.24, 2.45) is 0 Å². The fourth-order valence-corrected chi connectivity index (χ4v) is 1.32. The van der Waals surface area contributed by atoms with Crippen LogP contribution in [0.25, 0.3) is 0 Å². The average Bonchev–Trinajstić information content (AvgIpc) is 2.39. The molecule has 1 aromatic carbocycles. The fourth-order valence-electron chi connectivity index (χ4n) is 1.32. The molecule has 2 N–H and O–H groups in total. The number of aliphatic hydroxyl groups excluding tert-OH is 2. The van der Waals surface area contributed by atoms with Gasteiger partial charge in [0.1, 0.15) is 0 Å². The second-order valence-corrected chi connectivity index (χ2v) is 3.41. The highest BCUT2D eigenvalue weighted by molar-refractivity contribution is 5.14. The van der Waals surface area contributed by atoms with E-state index < -0.39 is 0 Å². The molecule has 0 aliphatic heterocycles. The molecule has 5 nitrogen and oxygen atoms in total. The third-order valence-electron chi connectivity index (χ3n) is 2.08. The maximum absolute atomic E-state index is 8.67. The van der Waals surface area contributed by atoms with Crippen molar-refractivity contribution in [3.8, 4) is 0 Å². The second-order valence-electron chi connectivity index (χ2n) is 3.41. The summed E-state index contributed by atoms with van der Waals surface area (Å²) in [6.07, 6.45) is 0.775. The van der Waals surface area contributed by atoms with Crippen molar-refractivity contribution < 1.29 is 19.9 Å². The van der Waals surface area contributed by atoms with E-state index in [9.17, 15) is 0 Å². The normalized spacial score (nSPS) is 11.0. The summed E-state index contributed by atoms with van der Waals surface area (Å²) in [4.78, 5) is 10.3. The highest BCUT2D eigenvalue weighted by Gasteiger charge is 2.06. The summed E-state index contributed by atoms with van der Waals surface area (Å²) in [6, 6.07) is 9.96. The molecule has 0 saturated heterocycles. The molecule has 0 unspecified atom stereocenters. The van der Waals surface area contributed by atoms with Gasteiger partial charge in [-0.25, -0.2) is 0 Å². The minimum atomic E-state index is -0.0652. The predicted molar refractivity (Wildman–Crippen MR) is 62.9 cm³/mol. The number of hydroxylamine groups is 2. The largest absolute Gasteiger partial charge is 0.394 e. The summed E-state index contributed by atoms with van der Waals surface area (Å²) < 4.78 is 0. The number of aliphatic hydroxyl groups is 2. The molecular formula is C12H19NO4. The molecule has 0 amide bonds. The van der Waals surface area contributed by atoms with Crippen molar-refractivity contribution in [1.82, 2.24) is 5.23 Å². The molecule has 0 aliphatic rings. The SMILES string of the molecule is OCCON(CCc1ccccc1)OCCO. The van der Waals surface area contributed by atoms with Gasteiger partial charge in [0.25, 0.3) is 0 Å². The Morgan fingerprint density at radius 1 is 0.941 bits per heavy atom. The van der Waals surface area contributed by atoms with Crippen molar-refractivity contribution in [2.45, 2.75) is 6.42 Å². The van der Waals surface area contributed by atoms with Crippen molar-refractivity contribution >= 4 is 0 Å². The molecule has 0 fully saturated rings. The Morgan fingerprint density at radius 2 is 1.53 bits per heavy atom. The van der Waals surface area contributed by atoms with Crippen LogP contribution in [0.1, 0.15) is 5.56 Å². The minimum absolute atomic E-state index is 0.0652. The molecule has 0 aromatic heterocycles. The molecule has 0 spiro atoms. The molecular weight excluding hydrogens is 222 g/mol. The maximum Gasteiger partial charge on any atom is 0.0942 e. The van der Waals surface area contributed by atoms with Gasteiger partial charge in [0.15, 0.2) is 0 Å². The highest BCUT2D eigenvalue weighted by atomic mass is 16.9. The first-order chi connectivity index (χ1) is 8.36. The Labute approximate surface area is 101 Å². The van der Waals surface area contributed by atoms with Crippen molar-refractivity contribution in [3.63, 3.8) is 0 Å². The number of hydrogen-bond donors (Lipinski definition) is 2.